The molecule has 0 aliphatic carbocycles. The third-order valence-electron chi connectivity index (χ3n) is 1.61. The second-order valence-corrected chi connectivity index (χ2v) is 3.33. The standard InChI is InChI=1S/C9H7BrFN/c1-6(12-2)8-4-3-7(11)5-9(8)10/h3-6H,1H3. The highest BCUT2D eigenvalue weighted by Gasteiger charge is 2.12. The largest absolute Gasteiger partial charge is 0.309 e. The highest BCUT2D eigenvalue weighted by molar-refractivity contribution is 9.10. The first-order valence-corrected chi connectivity index (χ1v) is 4.26. The van der Waals surface area contributed by atoms with Crippen LogP contribution in [0.15, 0.2) is 22.7 Å². The monoisotopic (exact) mass is 227 g/mol. The van der Waals surface area contributed by atoms with E-state index in [0.717, 1.165) is 5.56 Å². The smallest absolute Gasteiger partial charge is 0.247 e. The molecule has 0 amide bonds. The lowest BCUT2D eigenvalue weighted by atomic mass is 10.1. The van der Waals surface area contributed by atoms with Gasteiger partial charge in [-0.1, -0.05) is 15.9 Å². The summed E-state index contributed by atoms with van der Waals surface area (Å²) in [6.45, 7) is 8.59. The van der Waals surface area contributed by atoms with Crippen LogP contribution in [0.2, 0.25) is 0 Å². The second kappa shape index (κ2) is 3.68. The molecule has 0 spiro atoms. The molecule has 12 heavy (non-hydrogen) atoms. The maximum Gasteiger partial charge on any atom is 0.247 e. The number of nitrogens with zero attached hydrogens (tertiary/aromatic N) is 1. The molecule has 0 radical (unpaired) electrons. The van der Waals surface area contributed by atoms with E-state index in [1.54, 1.807) is 13.0 Å². The molecule has 1 rings (SSSR count). The van der Waals surface area contributed by atoms with Gasteiger partial charge in [-0.2, -0.15) is 0 Å². The Labute approximate surface area is 79.2 Å². The van der Waals surface area contributed by atoms with Gasteiger partial charge < -0.3 is 4.85 Å². The zero-order valence-corrected chi connectivity index (χ0v) is 8.10. The summed E-state index contributed by atoms with van der Waals surface area (Å²) in [6.07, 6.45) is 0. The number of hydrogen-bond acceptors (Lipinski definition) is 0. The average Bonchev–Trinajstić information content (AvgIpc) is 2.03. The van der Waals surface area contributed by atoms with E-state index in [0.29, 0.717) is 4.47 Å². The van der Waals surface area contributed by atoms with Crippen molar-refractivity contribution in [3.05, 3.63) is 45.5 Å². The number of benzene rings is 1. The van der Waals surface area contributed by atoms with Crippen molar-refractivity contribution >= 4 is 15.9 Å². The summed E-state index contributed by atoms with van der Waals surface area (Å²) >= 11 is 3.21. The molecule has 0 N–H and O–H groups in total. The highest BCUT2D eigenvalue weighted by atomic mass is 79.9. The van der Waals surface area contributed by atoms with Crippen LogP contribution in [-0.2, 0) is 0 Å². The van der Waals surface area contributed by atoms with Gasteiger partial charge in [0.1, 0.15) is 5.82 Å². The lowest BCUT2D eigenvalue weighted by molar-refractivity contribution is 0.625. The fourth-order valence-electron chi connectivity index (χ4n) is 0.910. The van der Waals surface area contributed by atoms with Crippen LogP contribution in [0.1, 0.15) is 18.5 Å². The molecule has 0 bridgehead atoms. The predicted molar refractivity (Wildman–Crippen MR) is 49.1 cm³/mol. The summed E-state index contributed by atoms with van der Waals surface area (Å²) < 4.78 is 13.3. The molecule has 3 heteroatoms. The van der Waals surface area contributed by atoms with Crippen LogP contribution in [0.25, 0.3) is 4.85 Å². The Balaban J connectivity index is 3.11. The van der Waals surface area contributed by atoms with Crippen LogP contribution in [-0.4, -0.2) is 0 Å². The lowest BCUT2D eigenvalue weighted by Crippen LogP contribution is -1.89. The minimum atomic E-state index is -0.289. The number of rotatable bonds is 1. The van der Waals surface area contributed by atoms with Crippen molar-refractivity contribution in [1.29, 1.82) is 0 Å². The van der Waals surface area contributed by atoms with E-state index in [2.05, 4.69) is 20.8 Å². The molecule has 1 unspecified atom stereocenters. The van der Waals surface area contributed by atoms with Crippen LogP contribution in [0, 0.1) is 12.4 Å². The van der Waals surface area contributed by atoms with Crippen LogP contribution in [0.3, 0.4) is 0 Å². The molecule has 0 aromatic heterocycles. The Bertz CT molecular complexity index is 330. The third-order valence-corrected chi connectivity index (χ3v) is 2.29. The van der Waals surface area contributed by atoms with Gasteiger partial charge in [-0.25, -0.2) is 11.0 Å². The molecule has 1 atom stereocenters. The van der Waals surface area contributed by atoms with E-state index in [9.17, 15) is 4.39 Å². The summed E-state index contributed by atoms with van der Waals surface area (Å²) in [5.74, 6) is -0.289. The number of hydrogen-bond donors (Lipinski definition) is 0. The van der Waals surface area contributed by atoms with Crippen molar-refractivity contribution in [2.45, 2.75) is 13.0 Å². The summed E-state index contributed by atoms with van der Waals surface area (Å²) in [4.78, 5) is 3.35. The van der Waals surface area contributed by atoms with Gasteiger partial charge in [0.25, 0.3) is 0 Å². The van der Waals surface area contributed by atoms with Crippen LogP contribution in [0.4, 0.5) is 4.39 Å². The molecule has 0 saturated heterocycles. The minimum Gasteiger partial charge on any atom is -0.309 e. The number of halogens is 2. The van der Waals surface area contributed by atoms with Crippen molar-refractivity contribution in [1.82, 2.24) is 0 Å². The lowest BCUT2D eigenvalue weighted by Gasteiger charge is -2.01. The van der Waals surface area contributed by atoms with Gasteiger partial charge in [0, 0.05) is 17.0 Å². The maximum atomic E-state index is 12.6. The molecule has 1 nitrogen and oxygen atoms in total. The normalized spacial score (nSPS) is 12.2. The Morgan fingerprint density at radius 3 is 2.75 bits per heavy atom. The van der Waals surface area contributed by atoms with E-state index in [1.807, 2.05) is 0 Å². The second-order valence-electron chi connectivity index (χ2n) is 2.47. The molecular weight excluding hydrogens is 221 g/mol. The molecule has 1 aromatic rings. The fourth-order valence-corrected chi connectivity index (χ4v) is 1.59. The highest BCUT2D eigenvalue weighted by Crippen LogP contribution is 2.26. The minimum absolute atomic E-state index is 0.222. The topological polar surface area (TPSA) is 4.36 Å². The van der Waals surface area contributed by atoms with Gasteiger partial charge >= 0.3 is 0 Å². The van der Waals surface area contributed by atoms with E-state index >= 15 is 0 Å². The Kier molecular flexibility index (Phi) is 2.83. The molecule has 0 aliphatic rings. The van der Waals surface area contributed by atoms with Crippen molar-refractivity contribution in [3.63, 3.8) is 0 Å². The maximum absolute atomic E-state index is 12.6. The zero-order chi connectivity index (χ0) is 9.14. The first kappa shape index (κ1) is 9.21. The molecular formula is C9H7BrFN. The van der Waals surface area contributed by atoms with Crippen molar-refractivity contribution in [2.75, 3.05) is 0 Å². The van der Waals surface area contributed by atoms with Gasteiger partial charge in [-0.3, -0.25) is 0 Å². The molecule has 0 aliphatic heterocycles. The van der Waals surface area contributed by atoms with Gasteiger partial charge in [-0.15, -0.1) is 0 Å². The first-order chi connectivity index (χ1) is 5.65. The van der Waals surface area contributed by atoms with Crippen molar-refractivity contribution in [2.24, 2.45) is 0 Å². The average molecular weight is 228 g/mol. The third kappa shape index (κ3) is 1.83. The van der Waals surface area contributed by atoms with Crippen LogP contribution < -0.4 is 0 Å². The fraction of sp³-hybridized carbons (Fsp3) is 0.222. The van der Waals surface area contributed by atoms with Crippen molar-refractivity contribution in [3.8, 4) is 0 Å². The summed E-state index contributed by atoms with van der Waals surface area (Å²) in [5.41, 5.74) is 0.825. The van der Waals surface area contributed by atoms with Gasteiger partial charge in [-0.05, 0) is 18.2 Å². The molecule has 0 heterocycles. The Morgan fingerprint density at radius 2 is 2.25 bits per heavy atom. The van der Waals surface area contributed by atoms with Crippen LogP contribution >= 0.6 is 15.9 Å². The SMILES string of the molecule is [C-]#[N+]C(C)c1ccc(F)cc1Br. The molecule has 1 aromatic carbocycles. The van der Waals surface area contributed by atoms with Gasteiger partial charge in [0.15, 0.2) is 0 Å². The summed E-state index contributed by atoms with van der Waals surface area (Å²) in [5, 5.41) is 0. The van der Waals surface area contributed by atoms with Crippen molar-refractivity contribution < 1.29 is 4.39 Å². The van der Waals surface area contributed by atoms with E-state index in [4.69, 9.17) is 6.57 Å². The Morgan fingerprint density at radius 1 is 1.58 bits per heavy atom. The van der Waals surface area contributed by atoms with E-state index in [-0.39, 0.29) is 11.9 Å². The zero-order valence-electron chi connectivity index (χ0n) is 6.51. The quantitative estimate of drug-likeness (QED) is 0.647. The summed E-state index contributed by atoms with van der Waals surface area (Å²) in [6, 6.07) is 4.14. The molecule has 0 saturated carbocycles. The first-order valence-electron chi connectivity index (χ1n) is 3.46. The van der Waals surface area contributed by atoms with Crippen LogP contribution in [0.5, 0.6) is 0 Å². The van der Waals surface area contributed by atoms with Gasteiger partial charge in [0.2, 0.25) is 6.04 Å². The van der Waals surface area contributed by atoms with E-state index in [1.165, 1.54) is 12.1 Å². The predicted octanol–water partition coefficient (Wildman–Crippen LogP) is 3.57. The molecule has 0 fully saturated rings. The van der Waals surface area contributed by atoms with E-state index < -0.39 is 0 Å². The Hall–Kier alpha value is -0.880. The molecule has 62 valence electrons. The van der Waals surface area contributed by atoms with Gasteiger partial charge in [0.05, 0.1) is 0 Å². The summed E-state index contributed by atoms with van der Waals surface area (Å²) in [7, 11) is 0.